The van der Waals surface area contributed by atoms with Crippen molar-refractivity contribution in [3.8, 4) is 10.6 Å². The van der Waals surface area contributed by atoms with Gasteiger partial charge in [0.2, 0.25) is 0 Å². The molecule has 7 nitrogen and oxygen atoms in total. The summed E-state index contributed by atoms with van der Waals surface area (Å²) >= 11 is 7.51. The number of aromatic nitrogens is 1. The quantitative estimate of drug-likeness (QED) is 0.594. The lowest BCUT2D eigenvalue weighted by Gasteiger charge is -2.34. The number of nitrogens with zero attached hydrogens (tertiary/aromatic N) is 3. The zero-order valence-corrected chi connectivity index (χ0v) is 19.4. The van der Waals surface area contributed by atoms with E-state index in [1.165, 1.54) is 16.2 Å². The second-order valence-corrected chi connectivity index (χ2v) is 9.60. The Kier molecular flexibility index (Phi) is 6.43. The van der Waals surface area contributed by atoms with Crippen molar-refractivity contribution in [2.24, 2.45) is 0 Å². The van der Waals surface area contributed by atoms with Crippen molar-refractivity contribution >= 4 is 51.6 Å². The van der Waals surface area contributed by atoms with Crippen molar-refractivity contribution in [3.05, 3.63) is 52.4 Å². The minimum Gasteiger partial charge on any atom is -0.346 e. The number of fused-ring (bicyclic) bond motifs is 1. The van der Waals surface area contributed by atoms with Crippen molar-refractivity contribution < 1.29 is 14.4 Å². The van der Waals surface area contributed by atoms with Crippen LogP contribution in [-0.2, 0) is 9.59 Å². The predicted octanol–water partition coefficient (Wildman–Crippen LogP) is 3.43. The van der Waals surface area contributed by atoms with Gasteiger partial charge in [-0.05, 0) is 38.1 Å². The molecule has 0 atom stereocenters. The van der Waals surface area contributed by atoms with Crippen LogP contribution in [0.5, 0.6) is 0 Å². The zero-order valence-electron chi connectivity index (χ0n) is 17.8. The number of hydrogen-bond acceptors (Lipinski definition) is 5. The van der Waals surface area contributed by atoms with Crippen LogP contribution in [0, 0.1) is 0 Å². The summed E-state index contributed by atoms with van der Waals surface area (Å²) in [6.07, 6.45) is 0. The van der Waals surface area contributed by atoms with Crippen LogP contribution in [0.3, 0.4) is 0 Å². The maximum atomic E-state index is 13.5. The predicted molar refractivity (Wildman–Crippen MR) is 126 cm³/mol. The topological polar surface area (TPSA) is 82.6 Å². The molecule has 1 fully saturated rings. The molecular formula is C23H23ClN4O3S. The Morgan fingerprint density at radius 3 is 2.38 bits per heavy atom. The third kappa shape index (κ3) is 4.61. The monoisotopic (exact) mass is 470 g/mol. The molecule has 4 rings (SSSR count). The molecule has 3 heterocycles. The number of amides is 3. The van der Waals surface area contributed by atoms with Gasteiger partial charge in [0, 0.05) is 37.6 Å². The highest BCUT2D eigenvalue weighted by Crippen LogP contribution is 2.32. The first-order valence-electron chi connectivity index (χ1n) is 10.4. The van der Waals surface area contributed by atoms with Gasteiger partial charge in [-0.25, -0.2) is 4.98 Å². The average Bonchev–Trinajstić information content (AvgIpc) is 3.23. The van der Waals surface area contributed by atoms with Crippen LogP contribution in [0.1, 0.15) is 24.2 Å². The number of hydrogen-bond donors (Lipinski definition) is 1. The largest absolute Gasteiger partial charge is 0.346 e. The summed E-state index contributed by atoms with van der Waals surface area (Å²) in [6, 6.07) is 12.9. The van der Waals surface area contributed by atoms with E-state index in [9.17, 15) is 14.4 Å². The molecular weight excluding hydrogens is 448 g/mol. The second kappa shape index (κ2) is 9.26. The highest BCUT2D eigenvalue weighted by atomic mass is 35.5. The van der Waals surface area contributed by atoms with Crippen molar-refractivity contribution in [2.45, 2.75) is 19.9 Å². The van der Waals surface area contributed by atoms with E-state index in [2.05, 4.69) is 5.32 Å². The Morgan fingerprint density at radius 1 is 1.03 bits per heavy atom. The summed E-state index contributed by atoms with van der Waals surface area (Å²) in [5.74, 6) is -1.29. The van der Waals surface area contributed by atoms with E-state index in [0.29, 0.717) is 41.8 Å². The molecule has 1 aromatic carbocycles. The molecule has 2 aromatic heterocycles. The number of pyridine rings is 1. The Balaban J connectivity index is 1.55. The average molecular weight is 471 g/mol. The maximum Gasteiger partial charge on any atom is 0.312 e. The van der Waals surface area contributed by atoms with Crippen molar-refractivity contribution in [1.82, 2.24) is 20.1 Å². The van der Waals surface area contributed by atoms with Crippen LogP contribution in [0.25, 0.3) is 21.5 Å². The summed E-state index contributed by atoms with van der Waals surface area (Å²) in [5, 5.41) is 3.39. The van der Waals surface area contributed by atoms with Gasteiger partial charge in [0.15, 0.2) is 0 Å². The highest BCUT2D eigenvalue weighted by Gasteiger charge is 2.29. The minimum absolute atomic E-state index is 0.110. The fraction of sp³-hybridized carbons (Fsp3) is 0.304. The summed E-state index contributed by atoms with van der Waals surface area (Å²) in [6.45, 7) is 4.95. The van der Waals surface area contributed by atoms with Gasteiger partial charge in [-0.1, -0.05) is 29.8 Å². The zero-order chi connectivity index (χ0) is 22.8. The van der Waals surface area contributed by atoms with E-state index < -0.39 is 11.8 Å². The number of carbonyl (C=O) groups is 3. The maximum absolute atomic E-state index is 13.5. The lowest BCUT2D eigenvalue weighted by Crippen LogP contribution is -2.54. The molecule has 0 unspecified atom stereocenters. The number of halogens is 1. The molecule has 0 radical (unpaired) electrons. The fourth-order valence-electron chi connectivity index (χ4n) is 3.68. The third-order valence-corrected chi connectivity index (χ3v) is 6.49. The van der Waals surface area contributed by atoms with E-state index in [1.54, 1.807) is 24.8 Å². The van der Waals surface area contributed by atoms with E-state index in [-0.39, 0.29) is 11.9 Å². The molecule has 3 amide bonds. The Hall–Kier alpha value is -2.97. The van der Waals surface area contributed by atoms with Crippen LogP contribution in [-0.4, -0.2) is 64.7 Å². The minimum atomic E-state index is -0.612. The summed E-state index contributed by atoms with van der Waals surface area (Å²) in [7, 11) is 0. The molecule has 0 aliphatic carbocycles. The number of nitrogens with one attached hydrogen (secondary N) is 1. The molecule has 1 N–H and O–H groups in total. The molecule has 0 saturated carbocycles. The molecule has 1 aliphatic rings. The molecule has 9 heteroatoms. The lowest BCUT2D eigenvalue weighted by molar-refractivity contribution is -0.147. The Morgan fingerprint density at radius 2 is 1.72 bits per heavy atom. The van der Waals surface area contributed by atoms with Crippen LogP contribution in [0.4, 0.5) is 0 Å². The highest BCUT2D eigenvalue weighted by molar-refractivity contribution is 7.19. The van der Waals surface area contributed by atoms with E-state index >= 15 is 0 Å². The van der Waals surface area contributed by atoms with Crippen LogP contribution in [0.2, 0.25) is 4.34 Å². The molecule has 3 aromatic rings. The number of carbonyl (C=O) groups excluding carboxylic acids is 3. The molecule has 1 saturated heterocycles. The number of para-hydroxylation sites is 1. The number of rotatable bonds is 3. The molecule has 0 bridgehead atoms. The Labute approximate surface area is 195 Å². The first-order valence-corrected chi connectivity index (χ1v) is 11.6. The van der Waals surface area contributed by atoms with E-state index in [1.807, 2.05) is 36.4 Å². The SMILES string of the molecule is CC(C)NC(=O)C(=O)N1CCN(C(=O)c2cc(-c3ccc(Cl)s3)nc3ccccc23)CC1. The van der Waals surface area contributed by atoms with Crippen molar-refractivity contribution in [1.29, 1.82) is 0 Å². The van der Waals surface area contributed by atoms with Crippen LogP contribution < -0.4 is 5.32 Å². The van der Waals surface area contributed by atoms with Crippen LogP contribution in [0.15, 0.2) is 42.5 Å². The van der Waals surface area contributed by atoms with Gasteiger partial charge in [-0.2, -0.15) is 0 Å². The standard InChI is InChI=1S/C23H23ClN4O3S/c1-14(2)25-21(29)23(31)28-11-9-27(10-12-28)22(30)16-13-18(19-7-8-20(24)32-19)26-17-6-4-3-5-15(16)17/h3-8,13-14H,9-12H2,1-2H3,(H,25,29). The third-order valence-electron chi connectivity index (χ3n) is 5.24. The number of thiophene rings is 1. The summed E-state index contributed by atoms with van der Waals surface area (Å²) in [4.78, 5) is 46.6. The normalized spacial score (nSPS) is 14.1. The van der Waals surface area contributed by atoms with Crippen LogP contribution >= 0.6 is 22.9 Å². The second-order valence-electron chi connectivity index (χ2n) is 7.89. The lowest BCUT2D eigenvalue weighted by atomic mass is 10.1. The molecule has 0 spiro atoms. The van der Waals surface area contributed by atoms with Gasteiger partial charge < -0.3 is 15.1 Å². The van der Waals surface area contributed by atoms with Gasteiger partial charge in [-0.15, -0.1) is 11.3 Å². The van der Waals surface area contributed by atoms with Gasteiger partial charge in [0.1, 0.15) is 0 Å². The van der Waals surface area contributed by atoms with Crippen molar-refractivity contribution in [3.63, 3.8) is 0 Å². The fourth-order valence-corrected chi connectivity index (χ4v) is 4.68. The number of benzene rings is 1. The summed E-state index contributed by atoms with van der Waals surface area (Å²) < 4.78 is 0.658. The first kappa shape index (κ1) is 22.2. The van der Waals surface area contributed by atoms with Gasteiger partial charge in [0.25, 0.3) is 5.91 Å². The van der Waals surface area contributed by atoms with Crippen molar-refractivity contribution in [2.75, 3.05) is 26.2 Å². The number of piperazine rings is 1. The Bertz CT molecular complexity index is 1180. The smallest absolute Gasteiger partial charge is 0.312 e. The summed E-state index contributed by atoms with van der Waals surface area (Å²) in [5.41, 5.74) is 1.99. The van der Waals surface area contributed by atoms with Gasteiger partial charge in [0.05, 0.1) is 26.0 Å². The molecule has 166 valence electrons. The van der Waals surface area contributed by atoms with Gasteiger partial charge >= 0.3 is 11.8 Å². The van der Waals surface area contributed by atoms with E-state index in [0.717, 1.165) is 15.8 Å². The first-order chi connectivity index (χ1) is 15.3. The van der Waals surface area contributed by atoms with E-state index in [4.69, 9.17) is 16.6 Å². The molecule has 32 heavy (non-hydrogen) atoms. The molecule has 1 aliphatic heterocycles. The van der Waals surface area contributed by atoms with Gasteiger partial charge in [-0.3, -0.25) is 14.4 Å².